The van der Waals surface area contributed by atoms with Gasteiger partial charge in [0.1, 0.15) is 6.10 Å². The molecule has 0 saturated carbocycles. The number of allylic oxidation sites excluding steroid dienone is 2. The van der Waals surface area contributed by atoms with Gasteiger partial charge in [-0.3, -0.25) is 0 Å². The molecular weight excluding hydrogens is 160 g/mol. The van der Waals surface area contributed by atoms with E-state index in [4.69, 9.17) is 0 Å². The fraction of sp³-hybridized carbons (Fsp3) is 0.167. The number of rotatable bonds is 1. The largest absolute Gasteiger partial charge is 0.376 e. The van der Waals surface area contributed by atoms with Crippen LogP contribution in [0.25, 0.3) is 0 Å². The van der Waals surface area contributed by atoms with E-state index in [1.54, 1.807) is 6.08 Å². The lowest BCUT2D eigenvalue weighted by atomic mass is 10.1. The Morgan fingerprint density at radius 2 is 2.00 bits per heavy atom. The van der Waals surface area contributed by atoms with Crippen molar-refractivity contribution in [3.63, 3.8) is 0 Å². The average Bonchev–Trinajstić information content (AvgIpc) is 2.19. The van der Waals surface area contributed by atoms with Crippen LogP contribution in [-0.2, 0) is 0 Å². The number of hydrogen-bond donors (Lipinski definition) is 1. The summed E-state index contributed by atoms with van der Waals surface area (Å²) in [5.74, 6) is 5.47. The maximum Gasteiger partial charge on any atom is 0.140 e. The van der Waals surface area contributed by atoms with Crippen molar-refractivity contribution in [2.45, 2.75) is 13.0 Å². The molecular formula is C12H12O. The van der Waals surface area contributed by atoms with Crippen LogP contribution in [0.15, 0.2) is 42.5 Å². The first kappa shape index (κ1) is 9.57. The second-order valence-corrected chi connectivity index (χ2v) is 2.60. The fourth-order valence-corrected chi connectivity index (χ4v) is 0.929. The van der Waals surface area contributed by atoms with E-state index >= 15 is 0 Å². The Kier molecular flexibility index (Phi) is 3.81. The molecule has 1 heteroatoms. The van der Waals surface area contributed by atoms with E-state index in [1.165, 1.54) is 0 Å². The van der Waals surface area contributed by atoms with E-state index in [2.05, 4.69) is 11.8 Å². The lowest BCUT2D eigenvalue weighted by molar-refractivity contribution is 0.238. The molecule has 0 fully saturated rings. The molecule has 1 N–H and O–H groups in total. The maximum atomic E-state index is 9.54. The predicted octanol–water partition coefficient (Wildman–Crippen LogP) is 2.30. The average molecular weight is 172 g/mol. The van der Waals surface area contributed by atoms with Gasteiger partial charge in [0.25, 0.3) is 0 Å². The molecule has 66 valence electrons. The van der Waals surface area contributed by atoms with Crippen molar-refractivity contribution in [2.24, 2.45) is 0 Å². The molecule has 0 aliphatic heterocycles. The monoisotopic (exact) mass is 172 g/mol. The third-order valence-electron chi connectivity index (χ3n) is 1.59. The van der Waals surface area contributed by atoms with Crippen LogP contribution in [0.2, 0.25) is 0 Å². The Labute approximate surface area is 78.7 Å². The van der Waals surface area contributed by atoms with Gasteiger partial charge in [0, 0.05) is 0 Å². The molecule has 1 aromatic carbocycles. The molecule has 1 rings (SSSR count). The molecule has 0 radical (unpaired) electrons. The summed E-state index contributed by atoms with van der Waals surface area (Å²) in [6.45, 7) is 1.89. The maximum absolute atomic E-state index is 9.54. The van der Waals surface area contributed by atoms with Gasteiger partial charge in [-0.2, -0.15) is 0 Å². The van der Waals surface area contributed by atoms with Crippen LogP contribution in [0.4, 0.5) is 0 Å². The van der Waals surface area contributed by atoms with Gasteiger partial charge < -0.3 is 5.11 Å². The lowest BCUT2D eigenvalue weighted by Gasteiger charge is -2.01. The molecule has 0 heterocycles. The highest BCUT2D eigenvalue weighted by molar-refractivity contribution is 5.27. The number of benzene rings is 1. The number of hydrogen-bond acceptors (Lipinski definition) is 1. The molecule has 1 unspecified atom stereocenters. The molecule has 0 saturated heterocycles. The highest BCUT2D eigenvalue weighted by atomic mass is 16.3. The summed E-state index contributed by atoms with van der Waals surface area (Å²) in [7, 11) is 0. The molecule has 0 aliphatic rings. The normalized spacial score (nSPS) is 12.2. The van der Waals surface area contributed by atoms with Gasteiger partial charge in [0.15, 0.2) is 0 Å². The molecule has 13 heavy (non-hydrogen) atoms. The first-order chi connectivity index (χ1) is 6.34. The van der Waals surface area contributed by atoms with Crippen molar-refractivity contribution in [3.8, 4) is 11.8 Å². The minimum Gasteiger partial charge on any atom is -0.376 e. The van der Waals surface area contributed by atoms with E-state index in [-0.39, 0.29) is 0 Å². The molecule has 0 amide bonds. The van der Waals surface area contributed by atoms with Crippen molar-refractivity contribution in [1.29, 1.82) is 0 Å². The molecule has 0 aromatic heterocycles. The van der Waals surface area contributed by atoms with Gasteiger partial charge in [-0.25, -0.2) is 0 Å². The quantitative estimate of drug-likeness (QED) is 0.644. The van der Waals surface area contributed by atoms with E-state index in [0.29, 0.717) is 0 Å². The van der Waals surface area contributed by atoms with E-state index in [1.807, 2.05) is 43.3 Å². The summed E-state index contributed by atoms with van der Waals surface area (Å²) < 4.78 is 0. The predicted molar refractivity (Wildman–Crippen MR) is 54.0 cm³/mol. The first-order valence-electron chi connectivity index (χ1n) is 4.20. The zero-order valence-electron chi connectivity index (χ0n) is 7.57. The SMILES string of the molecule is C/C=C/C#CC(O)c1ccccc1. The van der Waals surface area contributed by atoms with Crippen molar-refractivity contribution >= 4 is 0 Å². The summed E-state index contributed by atoms with van der Waals surface area (Å²) in [6, 6.07) is 9.39. The summed E-state index contributed by atoms with van der Waals surface area (Å²) in [4.78, 5) is 0. The smallest absolute Gasteiger partial charge is 0.140 e. The van der Waals surface area contributed by atoms with Crippen LogP contribution in [0.1, 0.15) is 18.6 Å². The molecule has 0 spiro atoms. The first-order valence-corrected chi connectivity index (χ1v) is 4.20. The summed E-state index contributed by atoms with van der Waals surface area (Å²) >= 11 is 0. The topological polar surface area (TPSA) is 20.2 Å². The van der Waals surface area contributed by atoms with Gasteiger partial charge in [-0.05, 0) is 18.6 Å². The third kappa shape index (κ3) is 3.14. The van der Waals surface area contributed by atoms with Crippen molar-refractivity contribution < 1.29 is 5.11 Å². The second-order valence-electron chi connectivity index (χ2n) is 2.60. The fourth-order valence-electron chi connectivity index (χ4n) is 0.929. The highest BCUT2D eigenvalue weighted by Gasteiger charge is 1.99. The minimum atomic E-state index is -0.683. The Hall–Kier alpha value is -1.52. The summed E-state index contributed by atoms with van der Waals surface area (Å²) in [5, 5.41) is 9.54. The van der Waals surface area contributed by atoms with Gasteiger partial charge in [0.2, 0.25) is 0 Å². The van der Waals surface area contributed by atoms with Crippen molar-refractivity contribution in [3.05, 3.63) is 48.0 Å². The summed E-state index contributed by atoms with van der Waals surface area (Å²) in [6.07, 6.45) is 2.87. The van der Waals surface area contributed by atoms with Gasteiger partial charge in [-0.1, -0.05) is 48.2 Å². The van der Waals surface area contributed by atoms with Crippen LogP contribution in [0, 0.1) is 11.8 Å². The number of aliphatic hydroxyl groups is 1. The molecule has 1 atom stereocenters. The van der Waals surface area contributed by atoms with E-state index < -0.39 is 6.10 Å². The lowest BCUT2D eigenvalue weighted by Crippen LogP contribution is -1.91. The van der Waals surface area contributed by atoms with Crippen LogP contribution >= 0.6 is 0 Å². The van der Waals surface area contributed by atoms with Crippen LogP contribution in [-0.4, -0.2) is 5.11 Å². The standard InChI is InChI=1S/C12H12O/c1-2-3-5-10-12(13)11-8-6-4-7-9-11/h2-4,6-9,12-13H,1H3/b3-2+. The molecule has 0 aliphatic carbocycles. The molecule has 1 nitrogen and oxygen atoms in total. The zero-order chi connectivity index (χ0) is 9.52. The Bertz CT molecular complexity index is 327. The Balaban J connectivity index is 2.71. The van der Waals surface area contributed by atoms with Gasteiger partial charge in [0.05, 0.1) is 0 Å². The van der Waals surface area contributed by atoms with Gasteiger partial charge >= 0.3 is 0 Å². The molecule has 1 aromatic rings. The Morgan fingerprint density at radius 3 is 2.62 bits per heavy atom. The van der Waals surface area contributed by atoms with Crippen molar-refractivity contribution in [1.82, 2.24) is 0 Å². The minimum absolute atomic E-state index is 0.683. The van der Waals surface area contributed by atoms with Crippen LogP contribution < -0.4 is 0 Å². The zero-order valence-corrected chi connectivity index (χ0v) is 7.57. The van der Waals surface area contributed by atoms with Crippen LogP contribution in [0.5, 0.6) is 0 Å². The third-order valence-corrected chi connectivity index (χ3v) is 1.59. The van der Waals surface area contributed by atoms with Crippen LogP contribution in [0.3, 0.4) is 0 Å². The highest BCUT2D eigenvalue weighted by Crippen LogP contribution is 2.09. The second kappa shape index (κ2) is 5.18. The summed E-state index contributed by atoms with van der Waals surface area (Å²) in [5.41, 5.74) is 0.833. The van der Waals surface area contributed by atoms with E-state index in [9.17, 15) is 5.11 Å². The van der Waals surface area contributed by atoms with E-state index in [0.717, 1.165) is 5.56 Å². The number of aliphatic hydroxyl groups excluding tert-OH is 1. The Morgan fingerprint density at radius 1 is 1.31 bits per heavy atom. The van der Waals surface area contributed by atoms with Gasteiger partial charge in [-0.15, -0.1) is 0 Å². The molecule has 0 bridgehead atoms. The van der Waals surface area contributed by atoms with Crippen molar-refractivity contribution in [2.75, 3.05) is 0 Å².